The van der Waals surface area contributed by atoms with Gasteiger partial charge in [-0.1, -0.05) is 12.1 Å². The van der Waals surface area contributed by atoms with Gasteiger partial charge < -0.3 is 10.6 Å². The fourth-order valence-corrected chi connectivity index (χ4v) is 1.99. The van der Waals surface area contributed by atoms with E-state index in [1.165, 1.54) is 12.1 Å². The fourth-order valence-electron chi connectivity index (χ4n) is 1.99. The first kappa shape index (κ1) is 11.9. The largest absolute Gasteiger partial charge is 0.338 e. The van der Waals surface area contributed by atoms with E-state index >= 15 is 0 Å². The van der Waals surface area contributed by atoms with Crippen LogP contribution >= 0.6 is 0 Å². The normalized spacial score (nSPS) is 16.4. The maximum atomic E-state index is 12.8. The van der Waals surface area contributed by atoms with Crippen molar-refractivity contribution in [2.45, 2.75) is 25.2 Å². The van der Waals surface area contributed by atoms with E-state index in [1.54, 1.807) is 0 Å². The molecule has 0 radical (unpaired) electrons. The van der Waals surface area contributed by atoms with Gasteiger partial charge in [-0.3, -0.25) is 0 Å². The smallest absolute Gasteiger partial charge is 0.314 e. The molecule has 1 saturated carbocycles. The Morgan fingerprint density at radius 3 is 2.47 bits per heavy atom. The number of amides is 2. The van der Waals surface area contributed by atoms with Gasteiger partial charge in [0.05, 0.1) is 0 Å². The second-order valence-corrected chi connectivity index (χ2v) is 4.50. The Morgan fingerprint density at radius 2 is 1.94 bits per heavy atom. The number of rotatable bonds is 4. The number of carbonyl (C=O) groups excluding carboxylic acids is 1. The van der Waals surface area contributed by atoms with E-state index in [2.05, 4.69) is 10.6 Å². The second kappa shape index (κ2) is 4.73. The Kier molecular flexibility index (Phi) is 3.31. The van der Waals surface area contributed by atoms with Crippen LogP contribution in [-0.4, -0.2) is 19.1 Å². The summed E-state index contributed by atoms with van der Waals surface area (Å²) in [7, 11) is 0. The topological polar surface area (TPSA) is 41.1 Å². The number of hydrogen-bond acceptors (Lipinski definition) is 1. The van der Waals surface area contributed by atoms with Gasteiger partial charge in [-0.25, -0.2) is 9.18 Å². The van der Waals surface area contributed by atoms with E-state index in [9.17, 15) is 9.18 Å². The van der Waals surface area contributed by atoms with Gasteiger partial charge in [0.2, 0.25) is 0 Å². The van der Waals surface area contributed by atoms with Gasteiger partial charge in [0.15, 0.2) is 0 Å². The summed E-state index contributed by atoms with van der Waals surface area (Å²) >= 11 is 0. The molecule has 0 atom stereocenters. The van der Waals surface area contributed by atoms with Crippen LogP contribution in [0.3, 0.4) is 0 Å². The molecule has 0 aromatic heterocycles. The van der Waals surface area contributed by atoms with E-state index < -0.39 is 0 Å². The molecule has 1 aromatic carbocycles. The van der Waals surface area contributed by atoms with Gasteiger partial charge >= 0.3 is 6.03 Å². The lowest BCUT2D eigenvalue weighted by molar-refractivity contribution is 0.240. The Balaban J connectivity index is 1.95. The summed E-state index contributed by atoms with van der Waals surface area (Å²) in [6.07, 6.45) is 2.09. The molecule has 1 fully saturated rings. The first-order valence-corrected chi connectivity index (χ1v) is 5.94. The van der Waals surface area contributed by atoms with Crippen molar-refractivity contribution in [3.63, 3.8) is 0 Å². The van der Waals surface area contributed by atoms with Crippen LogP contribution in [-0.2, 0) is 5.41 Å². The summed E-state index contributed by atoms with van der Waals surface area (Å²) in [6.45, 7) is 3.12. The van der Waals surface area contributed by atoms with Crippen LogP contribution in [0.25, 0.3) is 0 Å². The molecule has 0 heterocycles. The minimum absolute atomic E-state index is 0.0266. The van der Waals surface area contributed by atoms with Crippen LogP contribution in [0.15, 0.2) is 24.3 Å². The highest BCUT2D eigenvalue weighted by Crippen LogP contribution is 2.47. The summed E-state index contributed by atoms with van der Waals surface area (Å²) < 4.78 is 12.8. The highest BCUT2D eigenvalue weighted by atomic mass is 19.1. The number of hydrogen-bond donors (Lipinski definition) is 2. The number of halogens is 1. The molecule has 2 amide bonds. The van der Waals surface area contributed by atoms with Gasteiger partial charge in [-0.2, -0.15) is 0 Å². The third kappa shape index (κ3) is 2.75. The lowest BCUT2D eigenvalue weighted by atomic mass is 9.96. The molecular weight excluding hydrogens is 219 g/mol. The molecule has 0 aliphatic heterocycles. The van der Waals surface area contributed by atoms with E-state index in [1.807, 2.05) is 19.1 Å². The molecule has 3 nitrogen and oxygen atoms in total. The lowest BCUT2D eigenvalue weighted by Gasteiger charge is -2.16. The third-order valence-electron chi connectivity index (χ3n) is 3.23. The molecular formula is C13H17FN2O. The summed E-state index contributed by atoms with van der Waals surface area (Å²) in [6, 6.07) is 6.42. The summed E-state index contributed by atoms with van der Waals surface area (Å²) in [5.41, 5.74) is 1.13. The standard InChI is InChI=1S/C13H17FN2O/c1-2-15-12(17)16-9-13(7-8-13)10-3-5-11(14)6-4-10/h3-6H,2,7-9H2,1H3,(H2,15,16,17). The van der Waals surface area contributed by atoms with Crippen LogP contribution in [0, 0.1) is 5.82 Å². The van der Waals surface area contributed by atoms with E-state index in [0.29, 0.717) is 13.1 Å². The Bertz CT molecular complexity index is 398. The van der Waals surface area contributed by atoms with Gasteiger partial charge in [-0.15, -0.1) is 0 Å². The summed E-state index contributed by atoms with van der Waals surface area (Å²) in [5, 5.41) is 5.55. The zero-order valence-corrected chi connectivity index (χ0v) is 9.92. The molecule has 4 heteroatoms. The fraction of sp³-hybridized carbons (Fsp3) is 0.462. The molecule has 0 unspecified atom stereocenters. The van der Waals surface area contributed by atoms with Crippen LogP contribution in [0.1, 0.15) is 25.3 Å². The average molecular weight is 236 g/mol. The van der Waals surface area contributed by atoms with E-state index in [4.69, 9.17) is 0 Å². The Labute approximate surface area is 100 Å². The summed E-state index contributed by atoms with van der Waals surface area (Å²) in [5.74, 6) is -0.221. The van der Waals surface area contributed by atoms with Crippen LogP contribution in [0.2, 0.25) is 0 Å². The van der Waals surface area contributed by atoms with Crippen LogP contribution in [0.5, 0.6) is 0 Å². The molecule has 17 heavy (non-hydrogen) atoms. The zero-order chi connectivity index (χ0) is 12.3. The Morgan fingerprint density at radius 1 is 1.29 bits per heavy atom. The van der Waals surface area contributed by atoms with Gasteiger partial charge in [0, 0.05) is 18.5 Å². The predicted molar refractivity (Wildman–Crippen MR) is 64.4 cm³/mol. The van der Waals surface area contributed by atoms with Crippen molar-refractivity contribution >= 4 is 6.03 Å². The monoisotopic (exact) mass is 236 g/mol. The molecule has 0 saturated heterocycles. The van der Waals surface area contributed by atoms with E-state index in [0.717, 1.165) is 18.4 Å². The van der Waals surface area contributed by atoms with Crippen molar-refractivity contribution in [2.24, 2.45) is 0 Å². The Hall–Kier alpha value is -1.58. The lowest BCUT2D eigenvalue weighted by Crippen LogP contribution is -2.39. The van der Waals surface area contributed by atoms with Crippen molar-refractivity contribution in [3.8, 4) is 0 Å². The average Bonchev–Trinajstić information content (AvgIpc) is 3.09. The number of urea groups is 1. The molecule has 0 bridgehead atoms. The van der Waals surface area contributed by atoms with Crippen molar-refractivity contribution in [2.75, 3.05) is 13.1 Å². The van der Waals surface area contributed by atoms with Crippen molar-refractivity contribution in [1.29, 1.82) is 0 Å². The molecule has 1 aliphatic rings. The minimum Gasteiger partial charge on any atom is -0.338 e. The van der Waals surface area contributed by atoms with Crippen molar-refractivity contribution in [3.05, 3.63) is 35.6 Å². The molecule has 2 N–H and O–H groups in total. The second-order valence-electron chi connectivity index (χ2n) is 4.50. The van der Waals surface area contributed by atoms with Gasteiger partial charge in [0.1, 0.15) is 5.82 Å². The van der Waals surface area contributed by atoms with Crippen LogP contribution in [0.4, 0.5) is 9.18 Å². The van der Waals surface area contributed by atoms with Crippen LogP contribution < -0.4 is 10.6 Å². The predicted octanol–water partition coefficient (Wildman–Crippen LogP) is 2.18. The SMILES string of the molecule is CCNC(=O)NCC1(c2ccc(F)cc2)CC1. The first-order chi connectivity index (χ1) is 8.16. The number of benzene rings is 1. The highest BCUT2D eigenvalue weighted by Gasteiger charge is 2.44. The number of carbonyl (C=O) groups is 1. The molecule has 1 aliphatic carbocycles. The quantitative estimate of drug-likeness (QED) is 0.826. The maximum Gasteiger partial charge on any atom is 0.314 e. The minimum atomic E-state index is -0.221. The van der Waals surface area contributed by atoms with Gasteiger partial charge in [-0.05, 0) is 37.5 Å². The van der Waals surface area contributed by atoms with Crippen molar-refractivity contribution < 1.29 is 9.18 Å². The molecule has 1 aromatic rings. The summed E-state index contributed by atoms with van der Waals surface area (Å²) in [4.78, 5) is 11.3. The number of nitrogens with one attached hydrogen (secondary N) is 2. The van der Waals surface area contributed by atoms with Gasteiger partial charge in [0.25, 0.3) is 0 Å². The van der Waals surface area contributed by atoms with E-state index in [-0.39, 0.29) is 17.3 Å². The third-order valence-corrected chi connectivity index (χ3v) is 3.23. The first-order valence-electron chi connectivity index (χ1n) is 5.94. The van der Waals surface area contributed by atoms with Crippen molar-refractivity contribution in [1.82, 2.24) is 10.6 Å². The maximum absolute atomic E-state index is 12.8. The molecule has 2 rings (SSSR count). The molecule has 0 spiro atoms. The zero-order valence-electron chi connectivity index (χ0n) is 9.92. The molecule has 92 valence electrons. The highest BCUT2D eigenvalue weighted by molar-refractivity contribution is 5.74.